The van der Waals surface area contributed by atoms with Crippen molar-refractivity contribution < 1.29 is 17.6 Å². The van der Waals surface area contributed by atoms with E-state index in [1.165, 1.54) is 10.4 Å². The molecule has 1 unspecified atom stereocenters. The molecule has 3 heterocycles. The Kier molecular flexibility index (Phi) is 6.93. The highest BCUT2D eigenvalue weighted by molar-refractivity contribution is 7.89. The number of carbonyl (C=O) groups excluding carboxylic acids is 1. The maximum atomic E-state index is 12.9. The minimum atomic E-state index is -3.59. The van der Waals surface area contributed by atoms with Crippen molar-refractivity contribution >= 4 is 44.8 Å². The highest BCUT2D eigenvalue weighted by Crippen LogP contribution is 2.28. The van der Waals surface area contributed by atoms with Crippen LogP contribution in [-0.4, -0.2) is 49.2 Å². The molecule has 4 rings (SSSR count). The second-order valence-corrected chi connectivity index (χ2v) is 10.6. The summed E-state index contributed by atoms with van der Waals surface area (Å²) in [5.74, 6) is 0.404. The summed E-state index contributed by atoms with van der Waals surface area (Å²) in [7, 11) is -3.59. The third-order valence-corrected chi connectivity index (χ3v) is 8.27. The van der Waals surface area contributed by atoms with E-state index in [0.717, 1.165) is 32.2 Å². The fraction of sp³-hybridized carbons (Fsp3) is 0.476. The Labute approximate surface area is 192 Å². The number of carbonyl (C=O) groups is 1. The Hall–Kier alpha value is -1.58. The number of sulfonamides is 1. The molecule has 0 aliphatic carbocycles. The summed E-state index contributed by atoms with van der Waals surface area (Å²) in [6, 6.07) is 7.83. The second-order valence-electron chi connectivity index (χ2n) is 7.93. The van der Waals surface area contributed by atoms with Crippen molar-refractivity contribution in [2.24, 2.45) is 0 Å². The molecule has 0 spiro atoms. The summed E-state index contributed by atoms with van der Waals surface area (Å²) in [5, 5.41) is 3.68. The molecule has 31 heavy (non-hydrogen) atoms. The lowest BCUT2D eigenvalue weighted by Gasteiger charge is -2.34. The second kappa shape index (κ2) is 9.50. The molecular weight excluding hydrogens is 461 g/mol. The molecule has 1 N–H and O–H groups in total. The van der Waals surface area contributed by atoms with Gasteiger partial charge in [-0.25, -0.2) is 8.42 Å². The number of hydrogen-bond acceptors (Lipinski definition) is 5. The van der Waals surface area contributed by atoms with Gasteiger partial charge in [0.2, 0.25) is 11.0 Å². The zero-order chi connectivity index (χ0) is 22.0. The molecule has 1 aromatic heterocycles. The number of furan rings is 1. The van der Waals surface area contributed by atoms with Crippen molar-refractivity contribution in [3.05, 3.63) is 46.1 Å². The van der Waals surface area contributed by atoms with Gasteiger partial charge in [-0.15, -0.1) is 0 Å². The first kappa shape index (κ1) is 22.6. The Bertz CT molecular complexity index is 1050. The smallest absolute Gasteiger partial charge is 0.276 e. The molecule has 2 aliphatic heterocycles. The molecule has 2 aromatic rings. The molecule has 0 bridgehead atoms. The van der Waals surface area contributed by atoms with Crippen molar-refractivity contribution in [3.8, 4) is 0 Å². The maximum absolute atomic E-state index is 12.9. The summed E-state index contributed by atoms with van der Waals surface area (Å²) >= 11 is 12.0. The molecule has 0 radical (unpaired) electrons. The van der Waals surface area contributed by atoms with Gasteiger partial charge in [-0.2, -0.15) is 4.31 Å². The van der Waals surface area contributed by atoms with Gasteiger partial charge in [0.25, 0.3) is 10.0 Å². The molecule has 1 aromatic carbocycles. The van der Waals surface area contributed by atoms with E-state index in [2.05, 4.69) is 5.32 Å². The summed E-state index contributed by atoms with van der Waals surface area (Å²) in [5.41, 5.74) is 0.585. The zero-order valence-corrected chi connectivity index (χ0v) is 19.3. The SMILES string of the molecule is O=C(Nc1ccc(Cl)c(Cl)c1)C1CCCCN1Cc1ccc(S(=O)(=O)N2CCCC2)o1. The van der Waals surface area contributed by atoms with Crippen molar-refractivity contribution in [1.82, 2.24) is 9.21 Å². The number of nitrogens with zero attached hydrogens (tertiary/aromatic N) is 2. The number of piperidine rings is 1. The van der Waals surface area contributed by atoms with Gasteiger partial charge in [0.15, 0.2) is 0 Å². The number of rotatable bonds is 6. The summed E-state index contributed by atoms with van der Waals surface area (Å²) in [4.78, 5) is 15.0. The van der Waals surface area contributed by atoms with Gasteiger partial charge < -0.3 is 9.73 Å². The fourth-order valence-electron chi connectivity index (χ4n) is 4.11. The van der Waals surface area contributed by atoms with Crippen LogP contribution in [-0.2, 0) is 21.4 Å². The maximum Gasteiger partial charge on any atom is 0.276 e. The number of nitrogens with one attached hydrogen (secondary N) is 1. The molecular formula is C21H25Cl2N3O4S. The van der Waals surface area contributed by atoms with Crippen molar-refractivity contribution in [2.45, 2.75) is 49.8 Å². The molecule has 0 saturated carbocycles. The predicted octanol–water partition coefficient (Wildman–Crippen LogP) is 4.36. The van der Waals surface area contributed by atoms with Crippen LogP contribution < -0.4 is 5.32 Å². The minimum absolute atomic E-state index is 0.0294. The van der Waals surface area contributed by atoms with E-state index in [0.29, 0.717) is 47.5 Å². The van der Waals surface area contributed by atoms with E-state index < -0.39 is 10.0 Å². The summed E-state index contributed by atoms with van der Waals surface area (Å²) in [6.45, 7) is 2.16. The predicted molar refractivity (Wildman–Crippen MR) is 120 cm³/mol. The van der Waals surface area contributed by atoms with E-state index in [-0.39, 0.29) is 17.0 Å². The highest BCUT2D eigenvalue weighted by Gasteiger charge is 2.32. The standard InChI is InChI=1S/C21H25Cl2N3O4S/c22-17-8-6-15(13-18(17)23)24-21(27)19-5-1-2-10-25(19)14-16-7-9-20(30-16)31(28,29)26-11-3-4-12-26/h6-9,13,19H,1-5,10-12,14H2,(H,24,27). The van der Waals surface area contributed by atoms with Gasteiger partial charge >= 0.3 is 0 Å². The average Bonchev–Trinajstić information content (AvgIpc) is 3.44. The monoisotopic (exact) mass is 485 g/mol. The lowest BCUT2D eigenvalue weighted by molar-refractivity contribution is -0.122. The number of amides is 1. The molecule has 1 atom stereocenters. The van der Waals surface area contributed by atoms with Crippen molar-refractivity contribution in [1.29, 1.82) is 0 Å². The molecule has 1 amide bonds. The molecule has 168 valence electrons. The quantitative estimate of drug-likeness (QED) is 0.656. The Morgan fingerprint density at radius 2 is 1.77 bits per heavy atom. The van der Waals surface area contributed by atoms with Gasteiger partial charge in [-0.3, -0.25) is 9.69 Å². The molecule has 10 heteroatoms. The topological polar surface area (TPSA) is 82.9 Å². The molecule has 2 fully saturated rings. The van der Waals surface area contributed by atoms with E-state index in [1.807, 2.05) is 4.90 Å². The Balaban J connectivity index is 1.45. The van der Waals surface area contributed by atoms with Crippen molar-refractivity contribution in [2.75, 3.05) is 25.0 Å². The molecule has 7 nitrogen and oxygen atoms in total. The highest BCUT2D eigenvalue weighted by atomic mass is 35.5. The van der Waals surface area contributed by atoms with Gasteiger partial charge in [0, 0.05) is 18.8 Å². The van der Waals surface area contributed by atoms with E-state index >= 15 is 0 Å². The lowest BCUT2D eigenvalue weighted by atomic mass is 10.0. The van der Waals surface area contributed by atoms with Crippen LogP contribution in [0.25, 0.3) is 0 Å². The zero-order valence-electron chi connectivity index (χ0n) is 17.0. The number of likely N-dealkylation sites (tertiary alicyclic amines) is 1. The van der Waals surface area contributed by atoms with Gasteiger partial charge in [-0.05, 0) is 62.6 Å². The summed E-state index contributed by atoms with van der Waals surface area (Å²) < 4.78 is 32.6. The minimum Gasteiger partial charge on any atom is -0.447 e. The van der Waals surface area contributed by atoms with Crippen molar-refractivity contribution in [3.63, 3.8) is 0 Å². The third-order valence-electron chi connectivity index (χ3n) is 5.76. The first-order valence-corrected chi connectivity index (χ1v) is 12.6. The van der Waals surface area contributed by atoms with E-state index in [1.54, 1.807) is 24.3 Å². The van der Waals surface area contributed by atoms with E-state index in [4.69, 9.17) is 27.6 Å². The van der Waals surface area contributed by atoms with Crippen LogP contribution in [0.15, 0.2) is 39.8 Å². The average molecular weight is 486 g/mol. The van der Waals surface area contributed by atoms with Crippen LogP contribution >= 0.6 is 23.2 Å². The third kappa shape index (κ3) is 5.09. The fourth-order valence-corrected chi connectivity index (χ4v) is 5.86. The van der Waals surface area contributed by atoms with Gasteiger partial charge in [0.1, 0.15) is 5.76 Å². The van der Waals surface area contributed by atoms with Gasteiger partial charge in [-0.1, -0.05) is 29.6 Å². The first-order chi connectivity index (χ1) is 14.8. The van der Waals surface area contributed by atoms with Crippen LogP contribution in [0.4, 0.5) is 5.69 Å². The van der Waals surface area contributed by atoms with Gasteiger partial charge in [0.05, 0.1) is 22.6 Å². The number of hydrogen-bond donors (Lipinski definition) is 1. The van der Waals surface area contributed by atoms with Crippen LogP contribution in [0.5, 0.6) is 0 Å². The molecule has 2 saturated heterocycles. The number of halogens is 2. The van der Waals surface area contributed by atoms with Crippen LogP contribution in [0, 0.1) is 0 Å². The normalized spacial score (nSPS) is 20.8. The van der Waals surface area contributed by atoms with Crippen LogP contribution in [0.1, 0.15) is 37.9 Å². The Morgan fingerprint density at radius 1 is 1.03 bits per heavy atom. The van der Waals surface area contributed by atoms with E-state index in [9.17, 15) is 13.2 Å². The number of anilines is 1. The summed E-state index contributed by atoms with van der Waals surface area (Å²) in [6.07, 6.45) is 4.37. The van der Waals surface area contributed by atoms with Crippen LogP contribution in [0.2, 0.25) is 10.0 Å². The first-order valence-electron chi connectivity index (χ1n) is 10.4. The molecule has 2 aliphatic rings. The lowest BCUT2D eigenvalue weighted by Crippen LogP contribution is -2.46. The number of benzene rings is 1. The van der Waals surface area contributed by atoms with Crippen LogP contribution in [0.3, 0.4) is 0 Å². The Morgan fingerprint density at radius 3 is 2.52 bits per heavy atom. The largest absolute Gasteiger partial charge is 0.447 e.